The molecule has 5 heteroatoms. The summed E-state index contributed by atoms with van der Waals surface area (Å²) in [6.45, 7) is 2.57. The first-order valence-corrected chi connectivity index (χ1v) is 6.68. The minimum atomic E-state index is -0.358. The van der Waals surface area contributed by atoms with Crippen molar-refractivity contribution in [3.05, 3.63) is 48.3 Å². The Kier molecular flexibility index (Phi) is 3.33. The van der Waals surface area contributed by atoms with Crippen molar-refractivity contribution >= 4 is 17.5 Å². The number of para-hydroxylation sites is 1. The zero-order chi connectivity index (χ0) is 13.9. The van der Waals surface area contributed by atoms with Crippen LogP contribution in [-0.2, 0) is 11.2 Å². The van der Waals surface area contributed by atoms with Gasteiger partial charge in [-0.25, -0.2) is 9.97 Å². The Bertz CT molecular complexity index is 614. The Hall–Kier alpha value is -2.43. The summed E-state index contributed by atoms with van der Waals surface area (Å²) in [7, 11) is 0. The Morgan fingerprint density at radius 2 is 2.00 bits per heavy atom. The average Bonchev–Trinajstić information content (AvgIpc) is 2.91. The maximum absolute atomic E-state index is 12.5. The summed E-state index contributed by atoms with van der Waals surface area (Å²) < 4.78 is 0. The van der Waals surface area contributed by atoms with E-state index < -0.39 is 0 Å². The second-order valence-electron chi connectivity index (χ2n) is 4.81. The van der Waals surface area contributed by atoms with Crippen LogP contribution in [0.4, 0.5) is 11.6 Å². The van der Waals surface area contributed by atoms with Crippen molar-refractivity contribution < 1.29 is 4.79 Å². The number of nitrogens with one attached hydrogen (secondary N) is 1. The van der Waals surface area contributed by atoms with Crippen molar-refractivity contribution in [2.24, 2.45) is 0 Å². The van der Waals surface area contributed by atoms with Gasteiger partial charge in [-0.2, -0.15) is 0 Å². The molecule has 0 saturated carbocycles. The van der Waals surface area contributed by atoms with Crippen LogP contribution in [0.25, 0.3) is 0 Å². The molecule has 2 aromatic rings. The molecule has 0 saturated heterocycles. The van der Waals surface area contributed by atoms with Crippen molar-refractivity contribution in [3.63, 3.8) is 0 Å². The highest BCUT2D eigenvalue weighted by Crippen LogP contribution is 2.28. The molecule has 1 aliphatic rings. The summed E-state index contributed by atoms with van der Waals surface area (Å²) in [6.07, 6.45) is 4.21. The van der Waals surface area contributed by atoms with E-state index in [0.717, 1.165) is 18.7 Å². The molecule has 102 valence electrons. The molecule has 1 N–H and O–H groups in total. The van der Waals surface area contributed by atoms with Gasteiger partial charge in [0.15, 0.2) is 0 Å². The Morgan fingerprint density at radius 1 is 1.25 bits per heavy atom. The quantitative estimate of drug-likeness (QED) is 0.923. The van der Waals surface area contributed by atoms with E-state index in [0.29, 0.717) is 5.95 Å². The third-order valence-corrected chi connectivity index (χ3v) is 3.43. The van der Waals surface area contributed by atoms with Gasteiger partial charge < -0.3 is 10.2 Å². The number of hydrogen-bond donors (Lipinski definition) is 1. The Morgan fingerprint density at radius 3 is 2.80 bits per heavy atom. The monoisotopic (exact) mass is 268 g/mol. The maximum Gasteiger partial charge on any atom is 0.249 e. The van der Waals surface area contributed by atoms with Gasteiger partial charge in [-0.15, -0.1) is 0 Å². The highest BCUT2D eigenvalue weighted by molar-refractivity contribution is 5.99. The van der Waals surface area contributed by atoms with Crippen molar-refractivity contribution in [3.8, 4) is 0 Å². The average molecular weight is 268 g/mol. The van der Waals surface area contributed by atoms with Crippen LogP contribution >= 0.6 is 0 Å². The number of carbonyl (C=O) groups is 1. The number of benzene rings is 1. The Labute approximate surface area is 117 Å². The second kappa shape index (κ2) is 5.28. The topological polar surface area (TPSA) is 58.1 Å². The number of rotatable bonds is 3. The lowest BCUT2D eigenvalue weighted by molar-refractivity contribution is -0.118. The summed E-state index contributed by atoms with van der Waals surface area (Å²) in [5, 5.41) is 3.04. The van der Waals surface area contributed by atoms with Crippen molar-refractivity contribution in [1.29, 1.82) is 0 Å². The molecular weight excluding hydrogens is 252 g/mol. The first-order chi connectivity index (χ1) is 9.75. The van der Waals surface area contributed by atoms with Gasteiger partial charge >= 0.3 is 0 Å². The smallest absolute Gasteiger partial charge is 0.249 e. The van der Waals surface area contributed by atoms with Crippen LogP contribution in [-0.4, -0.2) is 28.5 Å². The number of fused-ring (bicyclic) bond motifs is 1. The molecule has 0 bridgehead atoms. The normalized spacial score (nSPS) is 14.8. The van der Waals surface area contributed by atoms with E-state index in [2.05, 4.69) is 21.4 Å². The summed E-state index contributed by atoms with van der Waals surface area (Å²) >= 11 is 0. The minimum absolute atomic E-state index is 0.0439. The van der Waals surface area contributed by atoms with E-state index in [-0.39, 0.29) is 11.9 Å². The lowest BCUT2D eigenvalue weighted by Gasteiger charge is -2.22. The van der Waals surface area contributed by atoms with Crippen molar-refractivity contribution in [1.82, 2.24) is 9.97 Å². The van der Waals surface area contributed by atoms with Crippen LogP contribution in [0.1, 0.15) is 12.5 Å². The zero-order valence-electron chi connectivity index (χ0n) is 11.3. The van der Waals surface area contributed by atoms with Crippen molar-refractivity contribution in [2.75, 3.05) is 16.8 Å². The van der Waals surface area contributed by atoms with E-state index >= 15 is 0 Å². The SMILES string of the molecule is CC(Nc1ncccn1)C(=O)N1CCc2ccccc21. The van der Waals surface area contributed by atoms with E-state index in [1.165, 1.54) is 5.56 Å². The van der Waals surface area contributed by atoms with E-state index in [1.807, 2.05) is 30.0 Å². The molecule has 0 spiro atoms. The molecule has 0 fully saturated rings. The summed E-state index contributed by atoms with van der Waals surface area (Å²) in [5.74, 6) is 0.517. The summed E-state index contributed by atoms with van der Waals surface area (Å²) in [5.41, 5.74) is 2.24. The summed E-state index contributed by atoms with van der Waals surface area (Å²) in [4.78, 5) is 22.5. The van der Waals surface area contributed by atoms with Crippen LogP contribution in [0, 0.1) is 0 Å². The van der Waals surface area contributed by atoms with Gasteiger partial charge in [-0.05, 0) is 31.0 Å². The molecule has 0 radical (unpaired) electrons. The first kappa shape index (κ1) is 12.6. The molecule has 0 aliphatic carbocycles. The number of nitrogens with zero attached hydrogens (tertiary/aromatic N) is 3. The minimum Gasteiger partial charge on any atom is -0.343 e. The van der Waals surface area contributed by atoms with Crippen LogP contribution in [0.2, 0.25) is 0 Å². The fourth-order valence-corrected chi connectivity index (χ4v) is 2.43. The second-order valence-corrected chi connectivity index (χ2v) is 4.81. The molecule has 20 heavy (non-hydrogen) atoms. The van der Waals surface area contributed by atoms with Gasteiger partial charge in [0.05, 0.1) is 0 Å². The molecule has 1 aliphatic heterocycles. The molecule has 1 aromatic carbocycles. The van der Waals surface area contributed by atoms with Gasteiger partial charge in [0.1, 0.15) is 6.04 Å². The van der Waals surface area contributed by atoms with Gasteiger partial charge in [-0.1, -0.05) is 18.2 Å². The predicted molar refractivity (Wildman–Crippen MR) is 77.6 cm³/mol. The number of amides is 1. The predicted octanol–water partition coefficient (Wildman–Crippen LogP) is 1.87. The van der Waals surface area contributed by atoms with E-state index in [4.69, 9.17) is 0 Å². The molecule has 1 atom stereocenters. The van der Waals surface area contributed by atoms with Gasteiger partial charge in [0, 0.05) is 24.6 Å². The Balaban J connectivity index is 1.74. The first-order valence-electron chi connectivity index (χ1n) is 6.68. The van der Waals surface area contributed by atoms with E-state index in [9.17, 15) is 4.79 Å². The van der Waals surface area contributed by atoms with Gasteiger partial charge in [0.25, 0.3) is 0 Å². The number of carbonyl (C=O) groups excluding carboxylic acids is 1. The van der Waals surface area contributed by atoms with E-state index in [1.54, 1.807) is 18.5 Å². The molecule has 3 rings (SSSR count). The number of hydrogen-bond acceptors (Lipinski definition) is 4. The molecule has 1 aromatic heterocycles. The largest absolute Gasteiger partial charge is 0.343 e. The van der Waals surface area contributed by atoms with Crippen LogP contribution < -0.4 is 10.2 Å². The fraction of sp³-hybridized carbons (Fsp3) is 0.267. The highest BCUT2D eigenvalue weighted by atomic mass is 16.2. The van der Waals surface area contributed by atoms with Gasteiger partial charge in [0.2, 0.25) is 11.9 Å². The van der Waals surface area contributed by atoms with Crippen LogP contribution in [0.5, 0.6) is 0 Å². The van der Waals surface area contributed by atoms with Crippen LogP contribution in [0.3, 0.4) is 0 Å². The lowest BCUT2D eigenvalue weighted by atomic mass is 10.2. The molecule has 2 heterocycles. The molecule has 1 unspecified atom stereocenters. The van der Waals surface area contributed by atoms with Gasteiger partial charge in [-0.3, -0.25) is 4.79 Å². The lowest BCUT2D eigenvalue weighted by Crippen LogP contribution is -2.40. The standard InChI is InChI=1S/C15H16N4O/c1-11(18-15-16-8-4-9-17-15)14(20)19-10-7-12-5-2-3-6-13(12)19/h2-6,8-9,11H,7,10H2,1H3,(H,16,17,18). The molecule has 1 amide bonds. The number of anilines is 2. The highest BCUT2D eigenvalue weighted by Gasteiger charge is 2.27. The van der Waals surface area contributed by atoms with Crippen LogP contribution in [0.15, 0.2) is 42.7 Å². The fourth-order valence-electron chi connectivity index (χ4n) is 2.43. The molecule has 5 nitrogen and oxygen atoms in total. The summed E-state index contributed by atoms with van der Waals surface area (Å²) in [6, 6.07) is 9.42. The molecular formula is C15H16N4O. The van der Waals surface area contributed by atoms with Crippen molar-refractivity contribution in [2.45, 2.75) is 19.4 Å². The zero-order valence-corrected chi connectivity index (χ0v) is 11.3. The third-order valence-electron chi connectivity index (χ3n) is 3.43. The maximum atomic E-state index is 12.5. The third kappa shape index (κ3) is 2.34. The number of aromatic nitrogens is 2.